The molecule has 16 heavy (non-hydrogen) atoms. The molecule has 0 saturated heterocycles. The molecule has 0 aromatic heterocycles. The van der Waals surface area contributed by atoms with E-state index in [1.165, 1.54) is 0 Å². The van der Waals surface area contributed by atoms with Gasteiger partial charge in [-0.1, -0.05) is 0 Å². The molecule has 0 fully saturated rings. The predicted molar refractivity (Wildman–Crippen MR) is 65.3 cm³/mol. The van der Waals surface area contributed by atoms with Crippen LogP contribution >= 0.6 is 0 Å². The van der Waals surface area contributed by atoms with Crippen LogP contribution in [0.1, 0.15) is 13.3 Å². The Balaban J connectivity index is 4.29. The van der Waals surface area contributed by atoms with Gasteiger partial charge in [0.15, 0.2) is 0 Å². The first-order chi connectivity index (χ1) is 7.54. The Morgan fingerprint density at radius 1 is 1.38 bits per heavy atom. The first-order valence-electron chi connectivity index (χ1n) is 5.68. The largest absolute Gasteiger partial charge is 0.383 e. The Morgan fingerprint density at radius 2 is 2.00 bits per heavy atom. The molecule has 1 unspecified atom stereocenters. The normalized spacial score (nSPS) is 12.9. The van der Waals surface area contributed by atoms with Gasteiger partial charge in [0.2, 0.25) is 5.91 Å². The number of carbonyl (C=O) groups excluding carboxylic acids is 1. The smallest absolute Gasteiger partial charge is 0.239 e. The van der Waals surface area contributed by atoms with Crippen LogP contribution in [0.2, 0.25) is 0 Å². The topological polar surface area (TPSA) is 58.8 Å². The number of amides is 1. The molecule has 2 N–H and O–H groups in total. The third-order valence-electron chi connectivity index (χ3n) is 2.58. The monoisotopic (exact) mass is 231 g/mol. The van der Waals surface area contributed by atoms with E-state index in [0.29, 0.717) is 13.2 Å². The summed E-state index contributed by atoms with van der Waals surface area (Å²) in [6.07, 6.45) is 0.898. The lowest BCUT2D eigenvalue weighted by Gasteiger charge is -2.29. The van der Waals surface area contributed by atoms with E-state index in [1.54, 1.807) is 26.1 Å². The van der Waals surface area contributed by atoms with Crippen LogP contribution in [0.3, 0.4) is 0 Å². The fourth-order valence-electron chi connectivity index (χ4n) is 1.53. The zero-order chi connectivity index (χ0) is 12.6. The van der Waals surface area contributed by atoms with Crippen molar-refractivity contribution in [2.75, 3.05) is 47.4 Å². The van der Waals surface area contributed by atoms with E-state index in [9.17, 15) is 4.79 Å². The molecule has 0 rings (SSSR count). The van der Waals surface area contributed by atoms with Gasteiger partial charge in [0.25, 0.3) is 0 Å². The lowest BCUT2D eigenvalue weighted by Crippen LogP contribution is -2.46. The van der Waals surface area contributed by atoms with E-state index in [4.69, 9.17) is 10.5 Å². The van der Waals surface area contributed by atoms with Crippen LogP contribution in [0.4, 0.5) is 0 Å². The number of rotatable bonds is 8. The van der Waals surface area contributed by atoms with Crippen molar-refractivity contribution >= 4 is 5.91 Å². The molecule has 0 bridgehead atoms. The number of hydrogen-bond donors (Lipinski definition) is 1. The average Bonchev–Trinajstić information content (AvgIpc) is 2.27. The molecule has 0 aliphatic heterocycles. The second-order valence-corrected chi connectivity index (χ2v) is 4.08. The Morgan fingerprint density at radius 3 is 2.44 bits per heavy atom. The molecular formula is C11H25N3O2. The molecule has 0 radical (unpaired) electrons. The summed E-state index contributed by atoms with van der Waals surface area (Å²) >= 11 is 0. The summed E-state index contributed by atoms with van der Waals surface area (Å²) in [4.78, 5) is 15.6. The van der Waals surface area contributed by atoms with Crippen LogP contribution in [-0.2, 0) is 9.53 Å². The number of methoxy groups -OCH3 is 1. The summed E-state index contributed by atoms with van der Waals surface area (Å²) in [6, 6.07) is -0.114. The number of nitrogens with two attached hydrogens (primary N) is 1. The van der Waals surface area contributed by atoms with Crippen LogP contribution in [0.25, 0.3) is 0 Å². The fraction of sp³-hybridized carbons (Fsp3) is 0.909. The standard InChI is InChI=1S/C11H25N3O2/c1-10(11(15)13(2)3)14(7-5-6-12)8-9-16-4/h10H,5-9,12H2,1-4H3. The molecule has 0 aliphatic rings. The van der Waals surface area contributed by atoms with Crippen LogP contribution in [0.5, 0.6) is 0 Å². The van der Waals surface area contributed by atoms with Crippen LogP contribution in [0.15, 0.2) is 0 Å². The highest BCUT2D eigenvalue weighted by Gasteiger charge is 2.21. The van der Waals surface area contributed by atoms with E-state index in [1.807, 2.05) is 6.92 Å². The molecule has 5 nitrogen and oxygen atoms in total. The molecule has 5 heteroatoms. The summed E-state index contributed by atoms with van der Waals surface area (Å²) in [5, 5.41) is 0. The summed E-state index contributed by atoms with van der Waals surface area (Å²) in [5.74, 6) is 0.119. The van der Waals surface area contributed by atoms with E-state index in [2.05, 4.69) is 4.90 Å². The first-order valence-corrected chi connectivity index (χ1v) is 5.68. The van der Waals surface area contributed by atoms with Gasteiger partial charge in [-0.05, 0) is 19.9 Å². The molecule has 1 atom stereocenters. The van der Waals surface area contributed by atoms with Gasteiger partial charge in [0.05, 0.1) is 12.6 Å². The molecule has 96 valence electrons. The number of hydrogen-bond acceptors (Lipinski definition) is 4. The van der Waals surface area contributed by atoms with Gasteiger partial charge < -0.3 is 15.4 Å². The van der Waals surface area contributed by atoms with Crippen LogP contribution < -0.4 is 5.73 Å². The summed E-state index contributed by atoms with van der Waals surface area (Å²) in [5.41, 5.74) is 5.49. The summed E-state index contributed by atoms with van der Waals surface area (Å²) in [7, 11) is 5.21. The van der Waals surface area contributed by atoms with Crippen molar-refractivity contribution in [3.8, 4) is 0 Å². The SMILES string of the molecule is COCCN(CCCN)C(C)C(=O)N(C)C. The lowest BCUT2D eigenvalue weighted by molar-refractivity contribution is -0.134. The van der Waals surface area contributed by atoms with E-state index in [0.717, 1.165) is 19.5 Å². The number of likely N-dealkylation sites (N-methyl/N-ethyl adjacent to an activating group) is 1. The first kappa shape index (κ1) is 15.3. The van der Waals surface area contributed by atoms with Gasteiger partial charge in [-0.15, -0.1) is 0 Å². The highest BCUT2D eigenvalue weighted by atomic mass is 16.5. The molecule has 0 heterocycles. The molecule has 0 spiro atoms. The second kappa shape index (κ2) is 8.50. The Kier molecular flexibility index (Phi) is 8.15. The molecule has 0 aromatic carbocycles. The van der Waals surface area contributed by atoms with Crippen LogP contribution in [0, 0.1) is 0 Å². The third kappa shape index (κ3) is 5.44. The minimum atomic E-state index is -0.114. The van der Waals surface area contributed by atoms with E-state index in [-0.39, 0.29) is 11.9 Å². The van der Waals surface area contributed by atoms with Gasteiger partial charge in [-0.3, -0.25) is 9.69 Å². The zero-order valence-electron chi connectivity index (χ0n) is 10.9. The van der Waals surface area contributed by atoms with Crippen molar-refractivity contribution in [2.45, 2.75) is 19.4 Å². The van der Waals surface area contributed by atoms with Gasteiger partial charge in [-0.25, -0.2) is 0 Å². The maximum absolute atomic E-state index is 11.8. The fourth-order valence-corrected chi connectivity index (χ4v) is 1.53. The van der Waals surface area contributed by atoms with Gasteiger partial charge >= 0.3 is 0 Å². The highest BCUT2D eigenvalue weighted by Crippen LogP contribution is 2.03. The van der Waals surface area contributed by atoms with Crippen molar-refractivity contribution in [1.82, 2.24) is 9.80 Å². The number of nitrogens with zero attached hydrogens (tertiary/aromatic N) is 2. The minimum absolute atomic E-state index is 0.114. The van der Waals surface area contributed by atoms with Crippen LogP contribution in [-0.4, -0.2) is 69.2 Å². The summed E-state index contributed by atoms with van der Waals surface area (Å²) < 4.78 is 5.04. The van der Waals surface area contributed by atoms with Gasteiger partial charge in [0, 0.05) is 34.3 Å². The summed E-state index contributed by atoms with van der Waals surface area (Å²) in [6.45, 7) is 4.80. The molecule has 1 amide bonds. The number of ether oxygens (including phenoxy) is 1. The van der Waals surface area contributed by atoms with Crippen molar-refractivity contribution in [3.63, 3.8) is 0 Å². The third-order valence-corrected chi connectivity index (χ3v) is 2.58. The molecule has 0 aliphatic carbocycles. The lowest BCUT2D eigenvalue weighted by atomic mass is 10.2. The maximum atomic E-state index is 11.8. The van der Waals surface area contributed by atoms with Gasteiger partial charge in [-0.2, -0.15) is 0 Å². The molecular weight excluding hydrogens is 206 g/mol. The Labute approximate surface area is 98.5 Å². The predicted octanol–water partition coefficient (Wildman–Crippen LogP) is -0.240. The van der Waals surface area contributed by atoms with Crippen molar-refractivity contribution in [2.24, 2.45) is 5.73 Å². The average molecular weight is 231 g/mol. The van der Waals surface area contributed by atoms with Gasteiger partial charge in [0.1, 0.15) is 0 Å². The van der Waals surface area contributed by atoms with E-state index < -0.39 is 0 Å². The molecule has 0 aromatic rings. The van der Waals surface area contributed by atoms with Crippen molar-refractivity contribution in [1.29, 1.82) is 0 Å². The Hall–Kier alpha value is -0.650. The quantitative estimate of drug-likeness (QED) is 0.626. The van der Waals surface area contributed by atoms with Crippen molar-refractivity contribution in [3.05, 3.63) is 0 Å². The number of carbonyl (C=O) groups is 1. The minimum Gasteiger partial charge on any atom is -0.383 e. The zero-order valence-corrected chi connectivity index (χ0v) is 10.9. The maximum Gasteiger partial charge on any atom is 0.239 e. The second-order valence-electron chi connectivity index (χ2n) is 4.08. The molecule has 0 saturated carbocycles. The Bertz CT molecular complexity index is 190. The van der Waals surface area contributed by atoms with E-state index >= 15 is 0 Å². The highest BCUT2D eigenvalue weighted by molar-refractivity contribution is 5.80. The van der Waals surface area contributed by atoms with Crippen molar-refractivity contribution < 1.29 is 9.53 Å².